The van der Waals surface area contributed by atoms with E-state index in [4.69, 9.17) is 4.74 Å². The van der Waals surface area contributed by atoms with Gasteiger partial charge >= 0.3 is 0 Å². The minimum atomic E-state index is -0.230. The van der Waals surface area contributed by atoms with E-state index >= 15 is 0 Å². The number of carbonyl (C=O) groups excluding carboxylic acids is 1. The Kier molecular flexibility index (Phi) is 4.39. The molecule has 2 unspecified atom stereocenters. The standard InChI is InChI=1S/C17H21N5O2S/c1-2-24-13-8-12(17(13)6-3-7-17)20-14-5-4-11(9-18-14)15(23)21-16-22-19-10-25-16/h4-5,9-10,12-13H,2-3,6-8H2,1H3,(H,18,20)(H,21,22,23). The Bertz CT molecular complexity index is 730. The number of rotatable bonds is 6. The van der Waals surface area contributed by atoms with Gasteiger partial charge in [0.15, 0.2) is 0 Å². The predicted octanol–water partition coefficient (Wildman–Crippen LogP) is 2.95. The maximum Gasteiger partial charge on any atom is 0.259 e. The molecule has 2 atom stereocenters. The summed E-state index contributed by atoms with van der Waals surface area (Å²) in [4.78, 5) is 16.5. The summed E-state index contributed by atoms with van der Waals surface area (Å²) in [6.07, 6.45) is 6.70. The van der Waals surface area contributed by atoms with E-state index in [1.54, 1.807) is 17.8 Å². The Balaban J connectivity index is 1.37. The molecule has 8 heteroatoms. The van der Waals surface area contributed by atoms with Crippen molar-refractivity contribution in [3.63, 3.8) is 0 Å². The van der Waals surface area contributed by atoms with Crippen LogP contribution in [-0.4, -0.2) is 39.8 Å². The molecule has 2 aromatic rings. The van der Waals surface area contributed by atoms with Gasteiger partial charge in [-0.05, 0) is 38.3 Å². The van der Waals surface area contributed by atoms with Gasteiger partial charge < -0.3 is 10.1 Å². The lowest BCUT2D eigenvalue weighted by Gasteiger charge is -2.61. The molecule has 0 saturated heterocycles. The summed E-state index contributed by atoms with van der Waals surface area (Å²) in [6, 6.07) is 4.04. The summed E-state index contributed by atoms with van der Waals surface area (Å²) in [5, 5.41) is 14.2. The second-order valence-corrected chi connectivity index (χ2v) is 7.43. The number of anilines is 2. The maximum absolute atomic E-state index is 12.1. The normalized spacial score (nSPS) is 23.6. The number of aromatic nitrogens is 3. The van der Waals surface area contributed by atoms with Crippen molar-refractivity contribution in [1.82, 2.24) is 15.2 Å². The molecule has 0 aromatic carbocycles. The molecular weight excluding hydrogens is 338 g/mol. The Morgan fingerprint density at radius 1 is 1.44 bits per heavy atom. The molecule has 4 rings (SSSR count). The third-order valence-electron chi connectivity index (χ3n) is 5.37. The summed E-state index contributed by atoms with van der Waals surface area (Å²) < 4.78 is 5.88. The highest BCUT2D eigenvalue weighted by Crippen LogP contribution is 2.58. The van der Waals surface area contributed by atoms with Crippen LogP contribution in [-0.2, 0) is 4.74 Å². The molecule has 2 aromatic heterocycles. The summed E-state index contributed by atoms with van der Waals surface area (Å²) in [7, 11) is 0. The molecule has 0 aliphatic heterocycles. The van der Waals surface area contributed by atoms with Gasteiger partial charge in [0.05, 0.1) is 11.7 Å². The van der Waals surface area contributed by atoms with E-state index in [1.165, 1.54) is 30.6 Å². The number of carbonyl (C=O) groups is 1. The van der Waals surface area contributed by atoms with Crippen molar-refractivity contribution in [2.24, 2.45) is 5.41 Å². The number of ether oxygens (including phenoxy) is 1. The van der Waals surface area contributed by atoms with Crippen LogP contribution in [0.4, 0.5) is 10.9 Å². The summed E-state index contributed by atoms with van der Waals surface area (Å²) in [6.45, 7) is 2.83. The van der Waals surface area contributed by atoms with Gasteiger partial charge in [0.25, 0.3) is 5.91 Å². The molecule has 2 fully saturated rings. The van der Waals surface area contributed by atoms with Crippen LogP contribution in [0.5, 0.6) is 0 Å². The van der Waals surface area contributed by atoms with Gasteiger partial charge in [0.2, 0.25) is 5.13 Å². The van der Waals surface area contributed by atoms with E-state index in [0.717, 1.165) is 18.8 Å². The molecule has 1 amide bonds. The molecule has 2 aliphatic rings. The van der Waals surface area contributed by atoms with Gasteiger partial charge in [-0.3, -0.25) is 10.1 Å². The zero-order chi connectivity index (χ0) is 17.3. The SMILES string of the molecule is CCOC1CC(Nc2ccc(C(=O)Nc3nncs3)cn2)C12CCC2. The molecule has 1 spiro atoms. The average Bonchev–Trinajstić information content (AvgIpc) is 3.06. The number of nitrogens with zero attached hydrogens (tertiary/aromatic N) is 3. The van der Waals surface area contributed by atoms with Crippen LogP contribution in [0.25, 0.3) is 0 Å². The highest BCUT2D eigenvalue weighted by Gasteiger charge is 2.58. The fourth-order valence-corrected chi connectivity index (χ4v) is 4.27. The summed E-state index contributed by atoms with van der Waals surface area (Å²) in [5.74, 6) is 0.574. The van der Waals surface area contributed by atoms with Crippen LogP contribution in [0.2, 0.25) is 0 Å². The van der Waals surface area contributed by atoms with Crippen molar-refractivity contribution in [3.05, 3.63) is 29.4 Å². The first kappa shape index (κ1) is 16.4. The van der Waals surface area contributed by atoms with Crippen LogP contribution < -0.4 is 10.6 Å². The van der Waals surface area contributed by atoms with E-state index < -0.39 is 0 Å². The number of nitrogens with one attached hydrogen (secondary N) is 2. The molecule has 0 bridgehead atoms. The van der Waals surface area contributed by atoms with Crippen molar-refractivity contribution in [1.29, 1.82) is 0 Å². The van der Waals surface area contributed by atoms with Crippen LogP contribution >= 0.6 is 11.3 Å². The van der Waals surface area contributed by atoms with Gasteiger partial charge in [-0.1, -0.05) is 17.8 Å². The van der Waals surface area contributed by atoms with Crippen LogP contribution in [0.3, 0.4) is 0 Å². The van der Waals surface area contributed by atoms with Crippen molar-refractivity contribution in [2.75, 3.05) is 17.2 Å². The van der Waals surface area contributed by atoms with Crippen LogP contribution in [0.15, 0.2) is 23.8 Å². The van der Waals surface area contributed by atoms with Gasteiger partial charge in [0, 0.05) is 24.3 Å². The Hall–Kier alpha value is -2.06. The first-order valence-electron chi connectivity index (χ1n) is 8.63. The first-order chi connectivity index (χ1) is 12.2. The van der Waals surface area contributed by atoms with E-state index in [9.17, 15) is 4.79 Å². The average molecular weight is 359 g/mol. The highest BCUT2D eigenvalue weighted by molar-refractivity contribution is 7.13. The third kappa shape index (κ3) is 3.00. The molecule has 25 heavy (non-hydrogen) atoms. The van der Waals surface area contributed by atoms with E-state index in [2.05, 4.69) is 32.7 Å². The second-order valence-electron chi connectivity index (χ2n) is 6.59. The van der Waals surface area contributed by atoms with E-state index in [-0.39, 0.29) is 11.3 Å². The molecule has 132 valence electrons. The van der Waals surface area contributed by atoms with Crippen LogP contribution in [0.1, 0.15) is 43.0 Å². The molecule has 2 aliphatic carbocycles. The molecule has 2 heterocycles. The fraction of sp³-hybridized carbons (Fsp3) is 0.529. The smallest absolute Gasteiger partial charge is 0.259 e. The summed E-state index contributed by atoms with van der Waals surface area (Å²) in [5.41, 5.74) is 2.36. The third-order valence-corrected chi connectivity index (χ3v) is 5.97. The number of hydrogen-bond acceptors (Lipinski definition) is 7. The topological polar surface area (TPSA) is 89.0 Å². The van der Waals surface area contributed by atoms with Crippen molar-refractivity contribution < 1.29 is 9.53 Å². The Labute approximate surface area is 150 Å². The highest BCUT2D eigenvalue weighted by atomic mass is 32.1. The lowest BCUT2D eigenvalue weighted by molar-refractivity contribution is -0.157. The van der Waals surface area contributed by atoms with Gasteiger partial charge in [-0.2, -0.15) is 0 Å². The Morgan fingerprint density at radius 2 is 2.32 bits per heavy atom. The second kappa shape index (κ2) is 6.68. The lowest BCUT2D eigenvalue weighted by atomic mass is 9.51. The van der Waals surface area contributed by atoms with Crippen LogP contribution in [0, 0.1) is 5.41 Å². The monoisotopic (exact) mass is 359 g/mol. The van der Waals surface area contributed by atoms with Gasteiger partial charge in [-0.15, -0.1) is 10.2 Å². The zero-order valence-corrected chi connectivity index (χ0v) is 14.9. The molecular formula is C17H21N5O2S. The number of hydrogen-bond donors (Lipinski definition) is 2. The van der Waals surface area contributed by atoms with E-state index in [1.807, 2.05) is 6.07 Å². The zero-order valence-electron chi connectivity index (χ0n) is 14.1. The van der Waals surface area contributed by atoms with Crippen molar-refractivity contribution >= 4 is 28.2 Å². The largest absolute Gasteiger partial charge is 0.378 e. The molecule has 0 radical (unpaired) electrons. The lowest BCUT2D eigenvalue weighted by Crippen LogP contribution is -2.64. The first-order valence-corrected chi connectivity index (χ1v) is 9.51. The van der Waals surface area contributed by atoms with Gasteiger partial charge in [-0.25, -0.2) is 4.98 Å². The van der Waals surface area contributed by atoms with E-state index in [0.29, 0.717) is 22.8 Å². The number of amides is 1. The summed E-state index contributed by atoms with van der Waals surface area (Å²) >= 11 is 1.28. The fourth-order valence-electron chi connectivity index (χ4n) is 3.83. The number of pyridine rings is 1. The molecule has 7 nitrogen and oxygen atoms in total. The molecule has 2 saturated carbocycles. The minimum Gasteiger partial charge on any atom is -0.378 e. The maximum atomic E-state index is 12.1. The quantitative estimate of drug-likeness (QED) is 0.824. The minimum absolute atomic E-state index is 0.230. The van der Waals surface area contributed by atoms with Crippen molar-refractivity contribution in [2.45, 2.75) is 44.8 Å². The Morgan fingerprint density at radius 3 is 2.92 bits per heavy atom. The molecule has 2 N–H and O–H groups in total. The van der Waals surface area contributed by atoms with Gasteiger partial charge in [0.1, 0.15) is 11.3 Å². The predicted molar refractivity (Wildman–Crippen MR) is 95.8 cm³/mol. The van der Waals surface area contributed by atoms with Crippen molar-refractivity contribution in [3.8, 4) is 0 Å².